The first-order chi connectivity index (χ1) is 10.2. The fourth-order valence-corrected chi connectivity index (χ4v) is 4.17. The Balaban J connectivity index is 1.79. The molecule has 0 unspecified atom stereocenters. The number of methoxy groups -OCH3 is 1. The average Bonchev–Trinajstić information content (AvgIpc) is 2.92. The van der Waals surface area contributed by atoms with Crippen LogP contribution in [0.5, 0.6) is 0 Å². The molecule has 0 amide bonds. The van der Waals surface area contributed by atoms with Crippen molar-refractivity contribution < 1.29 is 13.9 Å². The molecule has 1 aromatic heterocycles. The summed E-state index contributed by atoms with van der Waals surface area (Å²) < 4.78 is 10.6. The molecule has 1 aliphatic carbocycles. The Kier molecular flexibility index (Phi) is 2.82. The van der Waals surface area contributed by atoms with Crippen LogP contribution in [0.1, 0.15) is 23.5 Å². The zero-order chi connectivity index (χ0) is 14.6. The molecule has 1 fully saturated rings. The summed E-state index contributed by atoms with van der Waals surface area (Å²) in [5, 5.41) is 1.26. The van der Waals surface area contributed by atoms with Crippen molar-refractivity contribution in [3.8, 4) is 0 Å². The van der Waals surface area contributed by atoms with Crippen LogP contribution in [0.4, 0.5) is 0 Å². The Morgan fingerprint density at radius 2 is 2.29 bits per heavy atom. The molecule has 2 aliphatic rings. The topological polar surface area (TPSA) is 42.7 Å². The second-order valence-corrected chi connectivity index (χ2v) is 6.25. The molecule has 1 aliphatic heterocycles. The number of hydrogen-bond acceptors (Lipinski definition) is 4. The number of carbonyl (C=O) groups excluding carboxylic acids is 1. The van der Waals surface area contributed by atoms with Crippen LogP contribution in [0.25, 0.3) is 11.0 Å². The molecule has 21 heavy (non-hydrogen) atoms. The molecule has 110 valence electrons. The number of likely N-dealkylation sites (tertiary alicyclic amines) is 1. The van der Waals surface area contributed by atoms with Crippen molar-refractivity contribution in [3.05, 3.63) is 35.6 Å². The van der Waals surface area contributed by atoms with Crippen LogP contribution in [0.2, 0.25) is 0 Å². The Hall–Kier alpha value is -1.81. The van der Waals surface area contributed by atoms with Crippen LogP contribution in [0.15, 0.2) is 28.9 Å². The van der Waals surface area contributed by atoms with E-state index in [1.54, 1.807) is 0 Å². The van der Waals surface area contributed by atoms with Gasteiger partial charge in [0.15, 0.2) is 0 Å². The van der Waals surface area contributed by atoms with E-state index in [2.05, 4.69) is 24.1 Å². The van der Waals surface area contributed by atoms with Crippen molar-refractivity contribution >= 4 is 16.9 Å². The highest BCUT2D eigenvalue weighted by atomic mass is 16.5. The van der Waals surface area contributed by atoms with Crippen molar-refractivity contribution in [2.45, 2.75) is 24.8 Å². The Bertz CT molecular complexity index is 705. The quantitative estimate of drug-likeness (QED) is 0.755. The number of hydrogen-bond donors (Lipinski definition) is 0. The molecular weight excluding hydrogens is 266 g/mol. The molecular formula is C17H19NO3. The van der Waals surface area contributed by atoms with Gasteiger partial charge in [-0.3, -0.25) is 4.79 Å². The van der Waals surface area contributed by atoms with Crippen molar-refractivity contribution in [2.24, 2.45) is 5.92 Å². The van der Waals surface area contributed by atoms with E-state index in [0.29, 0.717) is 12.0 Å². The maximum Gasteiger partial charge on any atom is 0.309 e. The van der Waals surface area contributed by atoms with Gasteiger partial charge in [0, 0.05) is 29.5 Å². The molecule has 0 spiro atoms. The van der Waals surface area contributed by atoms with E-state index in [-0.39, 0.29) is 11.9 Å². The lowest BCUT2D eigenvalue weighted by atomic mass is 9.72. The number of piperidine rings is 1. The Morgan fingerprint density at radius 3 is 3.10 bits per heavy atom. The summed E-state index contributed by atoms with van der Waals surface area (Å²) in [5.41, 5.74) is 3.59. The van der Waals surface area contributed by atoms with E-state index in [0.717, 1.165) is 25.0 Å². The van der Waals surface area contributed by atoms with E-state index in [1.165, 1.54) is 23.6 Å². The number of likely N-dealkylation sites (N-methyl/N-ethyl adjacent to an activating group) is 1. The molecule has 4 rings (SSSR count). The average molecular weight is 285 g/mol. The van der Waals surface area contributed by atoms with Gasteiger partial charge < -0.3 is 14.1 Å². The van der Waals surface area contributed by atoms with Gasteiger partial charge in [-0.1, -0.05) is 12.1 Å². The Morgan fingerprint density at radius 1 is 1.43 bits per heavy atom. The number of rotatable bonds is 1. The second-order valence-electron chi connectivity index (χ2n) is 6.25. The zero-order valence-electron chi connectivity index (χ0n) is 12.3. The summed E-state index contributed by atoms with van der Waals surface area (Å²) in [4.78, 5) is 14.3. The molecule has 0 saturated carbocycles. The minimum atomic E-state index is -0.0922. The fourth-order valence-electron chi connectivity index (χ4n) is 4.17. The summed E-state index contributed by atoms with van der Waals surface area (Å²) in [6, 6.07) is 6.70. The van der Waals surface area contributed by atoms with E-state index in [9.17, 15) is 4.79 Å². The molecule has 1 aromatic carbocycles. The van der Waals surface area contributed by atoms with E-state index < -0.39 is 0 Å². The SMILES string of the molecule is COC(=O)[C@@H]1C[C@@H]2c3cccc4occ(c34)C[C@H]2N(C)C1. The first-order valence-electron chi connectivity index (χ1n) is 7.46. The van der Waals surface area contributed by atoms with Gasteiger partial charge in [-0.2, -0.15) is 0 Å². The summed E-state index contributed by atoms with van der Waals surface area (Å²) in [6.45, 7) is 0.775. The third kappa shape index (κ3) is 1.82. The van der Waals surface area contributed by atoms with Gasteiger partial charge in [-0.15, -0.1) is 0 Å². The summed E-state index contributed by atoms with van der Waals surface area (Å²) in [5.74, 6) is 0.247. The summed E-state index contributed by atoms with van der Waals surface area (Å²) in [7, 11) is 3.59. The number of furan rings is 1. The lowest BCUT2D eigenvalue weighted by Gasteiger charge is -2.44. The first kappa shape index (κ1) is 12.9. The molecule has 0 bridgehead atoms. The van der Waals surface area contributed by atoms with E-state index in [4.69, 9.17) is 9.15 Å². The van der Waals surface area contributed by atoms with Crippen molar-refractivity contribution in [3.63, 3.8) is 0 Å². The van der Waals surface area contributed by atoms with Crippen LogP contribution in [0, 0.1) is 5.92 Å². The van der Waals surface area contributed by atoms with Gasteiger partial charge in [0.2, 0.25) is 0 Å². The van der Waals surface area contributed by atoms with Gasteiger partial charge in [0.25, 0.3) is 0 Å². The standard InChI is InChI=1S/C17H19NO3/c1-18-8-10(17(19)20-2)6-13-12-4-3-5-15-16(12)11(9-21-15)7-14(13)18/h3-5,9-10,13-14H,6-8H2,1-2H3/t10-,13-,14-/m1/s1. The zero-order valence-corrected chi connectivity index (χ0v) is 12.3. The molecule has 4 heteroatoms. The maximum atomic E-state index is 12.0. The lowest BCUT2D eigenvalue weighted by molar-refractivity contribution is -0.148. The third-order valence-electron chi connectivity index (χ3n) is 5.15. The van der Waals surface area contributed by atoms with E-state index >= 15 is 0 Å². The highest BCUT2D eigenvalue weighted by Gasteiger charge is 2.41. The molecule has 2 aromatic rings. The van der Waals surface area contributed by atoms with Crippen molar-refractivity contribution in [1.29, 1.82) is 0 Å². The highest BCUT2D eigenvalue weighted by molar-refractivity contribution is 5.86. The van der Waals surface area contributed by atoms with Gasteiger partial charge in [0.05, 0.1) is 19.3 Å². The number of fused-ring (bicyclic) bond motifs is 2. The number of carbonyl (C=O) groups is 1. The second kappa shape index (κ2) is 4.60. The van der Waals surface area contributed by atoms with Crippen LogP contribution < -0.4 is 0 Å². The lowest BCUT2D eigenvalue weighted by Crippen LogP contribution is -2.49. The number of benzene rings is 1. The normalized spacial score (nSPS) is 28.4. The van der Waals surface area contributed by atoms with Crippen molar-refractivity contribution in [1.82, 2.24) is 4.90 Å². The van der Waals surface area contributed by atoms with Gasteiger partial charge in [-0.25, -0.2) is 0 Å². The molecule has 2 heterocycles. The Labute approximate surface area is 123 Å². The molecule has 0 N–H and O–H groups in total. The van der Waals surface area contributed by atoms with E-state index in [1.807, 2.05) is 12.3 Å². The molecule has 0 radical (unpaired) electrons. The predicted molar refractivity (Wildman–Crippen MR) is 79.2 cm³/mol. The van der Waals surface area contributed by atoms with Gasteiger partial charge in [-0.05, 0) is 31.5 Å². The number of nitrogens with zero attached hydrogens (tertiary/aromatic N) is 1. The molecule has 4 nitrogen and oxygen atoms in total. The largest absolute Gasteiger partial charge is 0.469 e. The number of esters is 1. The van der Waals surface area contributed by atoms with Crippen LogP contribution >= 0.6 is 0 Å². The third-order valence-corrected chi connectivity index (χ3v) is 5.15. The molecule has 1 saturated heterocycles. The minimum Gasteiger partial charge on any atom is -0.469 e. The molecule has 3 atom stereocenters. The van der Waals surface area contributed by atoms with Gasteiger partial charge in [0.1, 0.15) is 5.58 Å². The van der Waals surface area contributed by atoms with Crippen LogP contribution in [0.3, 0.4) is 0 Å². The summed E-state index contributed by atoms with van der Waals surface area (Å²) in [6.07, 6.45) is 3.76. The minimum absolute atomic E-state index is 0.0371. The first-order valence-corrected chi connectivity index (χ1v) is 7.46. The van der Waals surface area contributed by atoms with Gasteiger partial charge >= 0.3 is 5.97 Å². The van der Waals surface area contributed by atoms with Crippen LogP contribution in [-0.4, -0.2) is 37.6 Å². The maximum absolute atomic E-state index is 12.0. The predicted octanol–water partition coefficient (Wildman–Crippen LogP) is 2.57. The summed E-state index contributed by atoms with van der Waals surface area (Å²) >= 11 is 0. The smallest absolute Gasteiger partial charge is 0.309 e. The van der Waals surface area contributed by atoms with Crippen LogP contribution in [-0.2, 0) is 16.0 Å². The highest BCUT2D eigenvalue weighted by Crippen LogP contribution is 2.44. The number of ether oxygens (including phenoxy) is 1. The monoisotopic (exact) mass is 285 g/mol. The fraction of sp³-hybridized carbons (Fsp3) is 0.471. The van der Waals surface area contributed by atoms with Crippen molar-refractivity contribution in [2.75, 3.05) is 20.7 Å².